The average Bonchev–Trinajstić information content (AvgIpc) is 2.21. The van der Waals surface area contributed by atoms with Crippen LogP contribution in [0.5, 0.6) is 0 Å². The van der Waals surface area contributed by atoms with Gasteiger partial charge in [0.2, 0.25) is 0 Å². The van der Waals surface area contributed by atoms with E-state index in [0.29, 0.717) is 17.5 Å². The van der Waals surface area contributed by atoms with Crippen molar-refractivity contribution >= 4 is 9.84 Å². The average molecular weight is 191 g/mol. The number of hydrogen-bond donors (Lipinski definition) is 1. The Morgan fingerprint density at radius 1 is 1.25 bits per heavy atom. The highest BCUT2D eigenvalue weighted by atomic mass is 32.2. The summed E-state index contributed by atoms with van der Waals surface area (Å²) in [5.74, 6) is 0.655. The maximum atomic E-state index is 11.1. The molecule has 5 heteroatoms. The van der Waals surface area contributed by atoms with Gasteiger partial charge in [0.1, 0.15) is 0 Å². The van der Waals surface area contributed by atoms with E-state index in [0.717, 1.165) is 19.6 Å². The van der Waals surface area contributed by atoms with E-state index in [1.807, 2.05) is 0 Å². The van der Waals surface area contributed by atoms with E-state index in [9.17, 15) is 8.42 Å². The van der Waals surface area contributed by atoms with Gasteiger partial charge >= 0.3 is 0 Å². The summed E-state index contributed by atoms with van der Waals surface area (Å²) in [6.45, 7) is 1.47. The van der Waals surface area contributed by atoms with Gasteiger partial charge in [-0.2, -0.15) is 0 Å². The number of ether oxygens (including phenoxy) is 1. The standard InChI is InChI=1S/C7H13NO3S/c9-12(10)2-1-6(5-12)8-7-3-11-4-7/h6-8H,1-5H2. The molecule has 2 heterocycles. The molecule has 70 valence electrons. The summed E-state index contributed by atoms with van der Waals surface area (Å²) in [6, 6.07) is 0.562. The molecule has 1 unspecified atom stereocenters. The fourth-order valence-electron chi connectivity index (χ4n) is 1.59. The van der Waals surface area contributed by atoms with Crippen LogP contribution in [0, 0.1) is 0 Å². The molecule has 2 rings (SSSR count). The zero-order valence-electron chi connectivity index (χ0n) is 6.82. The molecule has 2 saturated heterocycles. The Bertz CT molecular complexity index is 258. The van der Waals surface area contributed by atoms with Crippen molar-refractivity contribution in [2.75, 3.05) is 24.7 Å². The molecule has 0 aromatic heterocycles. The van der Waals surface area contributed by atoms with Crippen molar-refractivity contribution in [2.45, 2.75) is 18.5 Å². The van der Waals surface area contributed by atoms with Crippen molar-refractivity contribution in [2.24, 2.45) is 0 Å². The topological polar surface area (TPSA) is 55.4 Å². The van der Waals surface area contributed by atoms with Gasteiger partial charge in [0.15, 0.2) is 9.84 Å². The van der Waals surface area contributed by atoms with Gasteiger partial charge in [-0.3, -0.25) is 0 Å². The van der Waals surface area contributed by atoms with E-state index in [-0.39, 0.29) is 6.04 Å². The highest BCUT2D eigenvalue weighted by Crippen LogP contribution is 2.13. The van der Waals surface area contributed by atoms with Crippen molar-refractivity contribution in [1.29, 1.82) is 0 Å². The van der Waals surface area contributed by atoms with Crippen LogP contribution in [0.3, 0.4) is 0 Å². The Balaban J connectivity index is 1.83. The molecule has 4 nitrogen and oxygen atoms in total. The fraction of sp³-hybridized carbons (Fsp3) is 1.00. The van der Waals surface area contributed by atoms with Gasteiger partial charge in [-0.25, -0.2) is 8.42 Å². The second kappa shape index (κ2) is 2.97. The summed E-state index contributed by atoms with van der Waals surface area (Å²) < 4.78 is 27.1. The molecule has 0 amide bonds. The number of rotatable bonds is 2. The van der Waals surface area contributed by atoms with Gasteiger partial charge in [-0.1, -0.05) is 0 Å². The molecule has 0 aromatic carbocycles. The molecule has 2 aliphatic rings. The Labute approximate surface area is 72.2 Å². The van der Waals surface area contributed by atoms with Crippen LogP contribution in [-0.4, -0.2) is 45.2 Å². The van der Waals surface area contributed by atoms with Gasteiger partial charge in [0.25, 0.3) is 0 Å². The second-order valence-electron chi connectivity index (χ2n) is 3.50. The molecule has 0 saturated carbocycles. The maximum Gasteiger partial charge on any atom is 0.151 e. The molecule has 12 heavy (non-hydrogen) atoms. The Hall–Kier alpha value is -0.130. The molecular weight excluding hydrogens is 178 g/mol. The van der Waals surface area contributed by atoms with E-state index in [2.05, 4.69) is 5.32 Å². The normalized spacial score (nSPS) is 34.8. The van der Waals surface area contributed by atoms with Crippen LogP contribution in [0.4, 0.5) is 0 Å². The third-order valence-electron chi connectivity index (χ3n) is 2.34. The zero-order valence-corrected chi connectivity index (χ0v) is 7.64. The fourth-order valence-corrected chi connectivity index (χ4v) is 3.28. The van der Waals surface area contributed by atoms with Gasteiger partial charge in [0.05, 0.1) is 30.8 Å². The summed E-state index contributed by atoms with van der Waals surface area (Å²) >= 11 is 0. The third-order valence-corrected chi connectivity index (χ3v) is 4.11. The van der Waals surface area contributed by atoms with Crippen LogP contribution >= 0.6 is 0 Å². The van der Waals surface area contributed by atoms with E-state index >= 15 is 0 Å². The molecule has 0 aromatic rings. The first kappa shape index (κ1) is 8.47. The first-order valence-electron chi connectivity index (χ1n) is 4.20. The molecule has 2 fully saturated rings. The van der Waals surface area contributed by atoms with Crippen molar-refractivity contribution in [3.63, 3.8) is 0 Å². The minimum Gasteiger partial charge on any atom is -0.378 e. The van der Waals surface area contributed by atoms with Gasteiger partial charge in [0, 0.05) is 6.04 Å². The lowest BCUT2D eigenvalue weighted by Gasteiger charge is -2.29. The molecule has 0 spiro atoms. The molecule has 1 atom stereocenters. The number of nitrogens with one attached hydrogen (secondary N) is 1. The minimum atomic E-state index is -2.73. The molecule has 0 bridgehead atoms. The lowest BCUT2D eigenvalue weighted by atomic mass is 10.2. The lowest BCUT2D eigenvalue weighted by molar-refractivity contribution is -0.00876. The van der Waals surface area contributed by atoms with Gasteiger partial charge in [-0.05, 0) is 6.42 Å². The van der Waals surface area contributed by atoms with Gasteiger partial charge < -0.3 is 10.1 Å². The molecule has 2 aliphatic heterocycles. The summed E-state index contributed by atoms with van der Waals surface area (Å²) in [7, 11) is -2.73. The third kappa shape index (κ3) is 1.78. The minimum absolute atomic E-state index is 0.170. The highest BCUT2D eigenvalue weighted by Gasteiger charge is 2.31. The van der Waals surface area contributed by atoms with Crippen molar-refractivity contribution < 1.29 is 13.2 Å². The summed E-state index contributed by atoms with van der Waals surface area (Å²) in [6.07, 6.45) is 0.763. The quantitative estimate of drug-likeness (QED) is 0.618. The Morgan fingerprint density at radius 2 is 2.00 bits per heavy atom. The number of hydrogen-bond acceptors (Lipinski definition) is 4. The predicted molar refractivity (Wildman–Crippen MR) is 44.8 cm³/mol. The second-order valence-corrected chi connectivity index (χ2v) is 5.73. The molecular formula is C7H13NO3S. The van der Waals surface area contributed by atoms with Crippen molar-refractivity contribution in [3.05, 3.63) is 0 Å². The molecule has 0 radical (unpaired) electrons. The van der Waals surface area contributed by atoms with Crippen LogP contribution in [0.1, 0.15) is 6.42 Å². The monoisotopic (exact) mass is 191 g/mol. The summed E-state index contributed by atoms with van der Waals surface area (Å²) in [5.41, 5.74) is 0. The maximum absolute atomic E-state index is 11.1. The molecule has 0 aliphatic carbocycles. The van der Waals surface area contributed by atoms with Crippen LogP contribution in [0.15, 0.2) is 0 Å². The van der Waals surface area contributed by atoms with Gasteiger partial charge in [-0.15, -0.1) is 0 Å². The van der Waals surface area contributed by atoms with E-state index in [1.54, 1.807) is 0 Å². The zero-order chi connectivity index (χ0) is 8.60. The van der Waals surface area contributed by atoms with E-state index < -0.39 is 9.84 Å². The SMILES string of the molecule is O=S1(=O)CCC(NC2COC2)C1. The van der Waals surface area contributed by atoms with Crippen LogP contribution in [0.2, 0.25) is 0 Å². The lowest BCUT2D eigenvalue weighted by Crippen LogP contribution is -2.50. The Kier molecular flexibility index (Phi) is 2.10. The van der Waals surface area contributed by atoms with Crippen molar-refractivity contribution in [1.82, 2.24) is 5.32 Å². The molecule has 1 N–H and O–H groups in total. The predicted octanol–water partition coefficient (Wildman–Crippen LogP) is -0.838. The first-order chi connectivity index (χ1) is 5.66. The van der Waals surface area contributed by atoms with Crippen LogP contribution in [-0.2, 0) is 14.6 Å². The smallest absolute Gasteiger partial charge is 0.151 e. The first-order valence-corrected chi connectivity index (χ1v) is 6.02. The summed E-state index contributed by atoms with van der Waals surface area (Å²) in [4.78, 5) is 0. The highest BCUT2D eigenvalue weighted by molar-refractivity contribution is 7.91. The summed E-state index contributed by atoms with van der Waals surface area (Å²) in [5, 5.41) is 3.27. The van der Waals surface area contributed by atoms with Crippen molar-refractivity contribution in [3.8, 4) is 0 Å². The van der Waals surface area contributed by atoms with Crippen LogP contribution < -0.4 is 5.32 Å². The van der Waals surface area contributed by atoms with Crippen LogP contribution in [0.25, 0.3) is 0 Å². The largest absolute Gasteiger partial charge is 0.378 e. The van der Waals surface area contributed by atoms with E-state index in [4.69, 9.17) is 4.74 Å². The number of sulfone groups is 1. The van der Waals surface area contributed by atoms with E-state index in [1.165, 1.54) is 0 Å². The Morgan fingerprint density at radius 3 is 2.42 bits per heavy atom.